The molecule has 170 valence electrons. The Morgan fingerprint density at radius 3 is 2.71 bits per heavy atom. The summed E-state index contributed by atoms with van der Waals surface area (Å²) in [5.74, 6) is 1.29. The van der Waals surface area contributed by atoms with Gasteiger partial charge in [0, 0.05) is 10.0 Å². The molecule has 3 aromatic carbocycles. The number of hydrogen-bond donors (Lipinski definition) is 0. The van der Waals surface area contributed by atoms with Crippen LogP contribution in [0.3, 0.4) is 0 Å². The monoisotopic (exact) mass is 532 g/mol. The van der Waals surface area contributed by atoms with Crippen molar-refractivity contribution in [2.24, 2.45) is 0 Å². The number of thiazole rings is 1. The Hall–Kier alpha value is -3.42. The summed E-state index contributed by atoms with van der Waals surface area (Å²) in [5.41, 5.74) is 4.41. The van der Waals surface area contributed by atoms with Crippen LogP contribution in [0.2, 0.25) is 0 Å². The fourth-order valence-corrected chi connectivity index (χ4v) is 5.14. The van der Waals surface area contributed by atoms with Crippen LogP contribution in [-0.2, 0) is 13.0 Å². The van der Waals surface area contributed by atoms with Gasteiger partial charge in [0.05, 0.1) is 22.7 Å². The lowest BCUT2D eigenvalue weighted by atomic mass is 10.1. The molecular weight excluding hydrogens is 512 g/mol. The summed E-state index contributed by atoms with van der Waals surface area (Å²) >= 11 is 4.83. The SMILES string of the molecule is C=CCc1cc(/C=c2\sc3nc4ccccc4n3c2=O)cc(OC)c1OCc1ccc(Br)cc1. The average Bonchev–Trinajstić information content (AvgIpc) is 3.35. The molecule has 0 bridgehead atoms. The second-order valence-electron chi connectivity index (χ2n) is 7.75. The van der Waals surface area contributed by atoms with Crippen LogP contribution in [0, 0.1) is 0 Å². The van der Waals surface area contributed by atoms with Crippen molar-refractivity contribution in [2.45, 2.75) is 13.0 Å². The van der Waals surface area contributed by atoms with Gasteiger partial charge in [0.15, 0.2) is 16.5 Å². The summed E-state index contributed by atoms with van der Waals surface area (Å²) in [7, 11) is 1.62. The van der Waals surface area contributed by atoms with Gasteiger partial charge in [0.25, 0.3) is 5.56 Å². The third-order valence-corrected chi connectivity index (χ3v) is 6.98. The van der Waals surface area contributed by atoms with E-state index in [2.05, 4.69) is 27.5 Å². The molecule has 0 atom stereocenters. The summed E-state index contributed by atoms with van der Waals surface area (Å²) < 4.78 is 15.2. The highest BCUT2D eigenvalue weighted by atomic mass is 79.9. The van der Waals surface area contributed by atoms with Crippen molar-refractivity contribution < 1.29 is 9.47 Å². The second-order valence-corrected chi connectivity index (χ2v) is 9.68. The molecule has 2 heterocycles. The van der Waals surface area contributed by atoms with E-state index >= 15 is 0 Å². The van der Waals surface area contributed by atoms with Crippen molar-refractivity contribution in [1.82, 2.24) is 9.38 Å². The summed E-state index contributed by atoms with van der Waals surface area (Å²) in [6.45, 7) is 4.30. The fraction of sp³-hybridized carbons (Fsp3) is 0.111. The van der Waals surface area contributed by atoms with Gasteiger partial charge in [-0.1, -0.05) is 57.6 Å². The quantitative estimate of drug-likeness (QED) is 0.258. The minimum absolute atomic E-state index is 0.0755. The summed E-state index contributed by atoms with van der Waals surface area (Å²) in [4.78, 5) is 18.4. The molecule has 0 aliphatic carbocycles. The number of benzene rings is 3. The smallest absolute Gasteiger partial charge is 0.274 e. The molecule has 0 amide bonds. The number of ether oxygens (including phenoxy) is 2. The number of halogens is 1. The lowest BCUT2D eigenvalue weighted by Crippen LogP contribution is -2.22. The van der Waals surface area contributed by atoms with Gasteiger partial charge in [0.2, 0.25) is 0 Å². The highest BCUT2D eigenvalue weighted by Gasteiger charge is 2.14. The van der Waals surface area contributed by atoms with Crippen LogP contribution >= 0.6 is 27.3 Å². The number of methoxy groups -OCH3 is 1. The largest absolute Gasteiger partial charge is 0.493 e. The molecule has 34 heavy (non-hydrogen) atoms. The van der Waals surface area contributed by atoms with E-state index < -0.39 is 0 Å². The van der Waals surface area contributed by atoms with E-state index in [1.807, 2.05) is 72.8 Å². The lowest BCUT2D eigenvalue weighted by Gasteiger charge is -2.16. The molecule has 0 unspecified atom stereocenters. The van der Waals surface area contributed by atoms with Crippen molar-refractivity contribution >= 4 is 49.3 Å². The number of fused-ring (bicyclic) bond motifs is 3. The van der Waals surface area contributed by atoms with Gasteiger partial charge in [-0.3, -0.25) is 4.79 Å². The van der Waals surface area contributed by atoms with E-state index in [0.29, 0.717) is 34.0 Å². The fourth-order valence-electron chi connectivity index (χ4n) is 3.89. The van der Waals surface area contributed by atoms with Crippen LogP contribution in [0.4, 0.5) is 0 Å². The van der Waals surface area contributed by atoms with Gasteiger partial charge in [-0.15, -0.1) is 6.58 Å². The third-order valence-electron chi connectivity index (χ3n) is 5.48. The first kappa shape index (κ1) is 22.4. The molecule has 0 saturated carbocycles. The van der Waals surface area contributed by atoms with Gasteiger partial charge in [-0.05, 0) is 60.0 Å². The summed E-state index contributed by atoms with van der Waals surface area (Å²) in [6, 6.07) is 19.6. The Bertz CT molecular complexity index is 1620. The van der Waals surface area contributed by atoms with Crippen molar-refractivity contribution in [2.75, 3.05) is 7.11 Å². The van der Waals surface area contributed by atoms with Crippen molar-refractivity contribution in [3.8, 4) is 11.5 Å². The first-order valence-electron chi connectivity index (χ1n) is 10.7. The zero-order chi connectivity index (χ0) is 23.7. The number of nitrogens with zero attached hydrogens (tertiary/aromatic N) is 2. The predicted molar refractivity (Wildman–Crippen MR) is 141 cm³/mol. The van der Waals surface area contributed by atoms with Gasteiger partial charge >= 0.3 is 0 Å². The topological polar surface area (TPSA) is 52.8 Å². The minimum atomic E-state index is -0.0755. The molecule has 0 radical (unpaired) electrons. The molecule has 5 nitrogen and oxygen atoms in total. The van der Waals surface area contributed by atoms with Crippen LogP contribution in [-0.4, -0.2) is 16.5 Å². The molecule has 0 spiro atoms. The first-order chi connectivity index (χ1) is 16.6. The van der Waals surface area contributed by atoms with Gasteiger partial charge in [0.1, 0.15) is 6.61 Å². The van der Waals surface area contributed by atoms with Crippen molar-refractivity contribution in [3.05, 3.63) is 109 Å². The van der Waals surface area contributed by atoms with E-state index in [4.69, 9.17) is 9.47 Å². The summed E-state index contributed by atoms with van der Waals surface area (Å²) in [5, 5.41) is 0. The van der Waals surface area contributed by atoms with Crippen LogP contribution in [0.1, 0.15) is 16.7 Å². The van der Waals surface area contributed by atoms with Gasteiger partial charge in [-0.2, -0.15) is 0 Å². The summed E-state index contributed by atoms with van der Waals surface area (Å²) in [6.07, 6.45) is 4.32. The zero-order valence-electron chi connectivity index (χ0n) is 18.5. The molecule has 0 N–H and O–H groups in total. The number of allylic oxidation sites excluding steroid dienone is 1. The van der Waals surface area contributed by atoms with E-state index in [-0.39, 0.29) is 5.56 Å². The number of aromatic nitrogens is 2. The molecule has 5 aromatic rings. The lowest BCUT2D eigenvalue weighted by molar-refractivity contribution is 0.282. The molecule has 0 saturated heterocycles. The Kier molecular flexibility index (Phi) is 6.22. The predicted octanol–water partition coefficient (Wildman–Crippen LogP) is 5.54. The van der Waals surface area contributed by atoms with Crippen LogP contribution in [0.5, 0.6) is 11.5 Å². The van der Waals surface area contributed by atoms with Gasteiger partial charge in [-0.25, -0.2) is 9.38 Å². The highest BCUT2D eigenvalue weighted by Crippen LogP contribution is 2.34. The van der Waals surface area contributed by atoms with Crippen molar-refractivity contribution in [1.29, 1.82) is 0 Å². The molecule has 5 rings (SSSR count). The number of hydrogen-bond acceptors (Lipinski definition) is 5. The minimum Gasteiger partial charge on any atom is -0.493 e. The van der Waals surface area contributed by atoms with Crippen LogP contribution < -0.4 is 19.6 Å². The number of rotatable bonds is 7. The highest BCUT2D eigenvalue weighted by molar-refractivity contribution is 9.10. The molecular formula is C27H21BrN2O3S. The van der Waals surface area contributed by atoms with E-state index in [9.17, 15) is 4.79 Å². The maximum Gasteiger partial charge on any atom is 0.274 e. The Labute approximate surface area is 208 Å². The molecule has 0 aliphatic heterocycles. The van der Waals surface area contributed by atoms with Crippen molar-refractivity contribution in [3.63, 3.8) is 0 Å². The number of imidazole rings is 1. The Morgan fingerprint density at radius 2 is 1.94 bits per heavy atom. The maximum atomic E-state index is 13.1. The van der Waals surface area contributed by atoms with Crippen LogP contribution in [0.15, 0.2) is 82.6 Å². The first-order valence-corrected chi connectivity index (χ1v) is 12.3. The second kappa shape index (κ2) is 9.44. The Balaban J connectivity index is 1.55. The normalized spacial score (nSPS) is 11.9. The molecule has 7 heteroatoms. The Morgan fingerprint density at radius 1 is 1.15 bits per heavy atom. The van der Waals surface area contributed by atoms with E-state index in [1.54, 1.807) is 11.5 Å². The maximum absolute atomic E-state index is 13.1. The third kappa shape index (κ3) is 4.24. The molecule has 0 fully saturated rings. The van der Waals surface area contributed by atoms with E-state index in [0.717, 1.165) is 32.2 Å². The average molecular weight is 533 g/mol. The molecule has 2 aromatic heterocycles. The van der Waals surface area contributed by atoms with Crippen LogP contribution in [0.25, 0.3) is 22.1 Å². The zero-order valence-corrected chi connectivity index (χ0v) is 20.9. The number of para-hydroxylation sites is 2. The van der Waals surface area contributed by atoms with Gasteiger partial charge < -0.3 is 9.47 Å². The van der Waals surface area contributed by atoms with E-state index in [1.165, 1.54) is 11.3 Å². The molecule has 0 aliphatic rings. The standard InChI is InChI=1S/C27H21BrN2O3S/c1-3-6-19-13-18(14-23(32-2)25(19)33-16-17-9-11-20(28)12-10-17)15-24-26(31)30-22-8-5-4-7-21(22)29-27(30)34-24/h3-5,7-15H,1,6,16H2,2H3/b24-15-.